The van der Waals surface area contributed by atoms with Crippen LogP contribution in [0.15, 0.2) is 0 Å². The Morgan fingerprint density at radius 1 is 0.812 bits per heavy atom. The molecule has 4 heteroatoms. The van der Waals surface area contributed by atoms with Crippen molar-refractivity contribution in [1.82, 2.24) is 0 Å². The van der Waals surface area contributed by atoms with Crippen molar-refractivity contribution in [2.75, 3.05) is 18.1 Å². The summed E-state index contributed by atoms with van der Waals surface area (Å²) in [6.07, 6.45) is 9.47. The number of nitrogens with two attached hydrogens (primary N) is 1. The number of hydrogen-bond acceptors (Lipinski definition) is 3. The first kappa shape index (κ1) is 15.9. The van der Waals surface area contributed by atoms with Crippen LogP contribution < -0.4 is 5.73 Å². The van der Waals surface area contributed by atoms with Crippen molar-refractivity contribution in [1.29, 1.82) is 0 Å². The van der Waals surface area contributed by atoms with Gasteiger partial charge in [0.15, 0.2) is 9.84 Å². The van der Waals surface area contributed by atoms with Gasteiger partial charge in [-0.1, -0.05) is 51.9 Å². The van der Waals surface area contributed by atoms with Gasteiger partial charge in [-0.15, -0.1) is 0 Å². The fourth-order valence-electron chi connectivity index (χ4n) is 1.74. The zero-order chi connectivity index (χ0) is 12.3. The summed E-state index contributed by atoms with van der Waals surface area (Å²) < 4.78 is 22.6. The van der Waals surface area contributed by atoms with Crippen LogP contribution in [0.25, 0.3) is 0 Å². The van der Waals surface area contributed by atoms with Crippen molar-refractivity contribution >= 4 is 9.84 Å². The van der Waals surface area contributed by atoms with Gasteiger partial charge in [0.25, 0.3) is 0 Å². The van der Waals surface area contributed by atoms with E-state index in [-0.39, 0.29) is 12.3 Å². The van der Waals surface area contributed by atoms with Gasteiger partial charge < -0.3 is 5.73 Å². The Morgan fingerprint density at radius 3 is 1.81 bits per heavy atom. The molecule has 0 aliphatic heterocycles. The summed E-state index contributed by atoms with van der Waals surface area (Å²) >= 11 is 0. The molecule has 0 atom stereocenters. The fourth-order valence-corrected chi connectivity index (χ4v) is 2.94. The van der Waals surface area contributed by atoms with E-state index in [9.17, 15) is 8.42 Å². The van der Waals surface area contributed by atoms with E-state index in [1.807, 2.05) is 0 Å². The van der Waals surface area contributed by atoms with Gasteiger partial charge >= 0.3 is 0 Å². The van der Waals surface area contributed by atoms with E-state index >= 15 is 0 Å². The van der Waals surface area contributed by atoms with E-state index in [1.165, 1.54) is 38.5 Å². The number of sulfone groups is 1. The highest BCUT2D eigenvalue weighted by molar-refractivity contribution is 7.91. The van der Waals surface area contributed by atoms with Crippen LogP contribution in [0.1, 0.15) is 58.3 Å². The van der Waals surface area contributed by atoms with Crippen LogP contribution in [-0.4, -0.2) is 26.5 Å². The minimum atomic E-state index is -2.86. The molecule has 3 nitrogen and oxygen atoms in total. The van der Waals surface area contributed by atoms with Crippen molar-refractivity contribution in [3.8, 4) is 0 Å². The van der Waals surface area contributed by atoms with E-state index in [1.54, 1.807) is 0 Å². The van der Waals surface area contributed by atoms with Gasteiger partial charge in [-0.3, -0.25) is 0 Å². The Balaban J connectivity index is 3.27. The van der Waals surface area contributed by atoms with Crippen LogP contribution in [0.2, 0.25) is 0 Å². The van der Waals surface area contributed by atoms with Gasteiger partial charge in [0.1, 0.15) is 0 Å². The second-order valence-corrected chi connectivity index (χ2v) is 6.72. The zero-order valence-electron chi connectivity index (χ0n) is 10.6. The standard InChI is InChI=1S/C12H27NO2S/c1-2-3-4-5-6-7-8-9-11-16(14,15)12-10-13/h2-13H2,1H3. The SMILES string of the molecule is CCCCCCCCCCS(=O)(=O)CCN. The van der Waals surface area contributed by atoms with Gasteiger partial charge in [0.2, 0.25) is 0 Å². The normalized spacial score (nSPS) is 11.9. The molecule has 0 saturated carbocycles. The van der Waals surface area contributed by atoms with Crippen molar-refractivity contribution in [2.45, 2.75) is 58.3 Å². The summed E-state index contributed by atoms with van der Waals surface area (Å²) in [6.45, 7) is 2.46. The predicted molar refractivity (Wildman–Crippen MR) is 70.3 cm³/mol. The van der Waals surface area contributed by atoms with Crippen molar-refractivity contribution < 1.29 is 8.42 Å². The molecule has 0 aliphatic rings. The lowest BCUT2D eigenvalue weighted by atomic mass is 10.1. The third-order valence-electron chi connectivity index (χ3n) is 2.74. The number of rotatable bonds is 11. The molecule has 16 heavy (non-hydrogen) atoms. The highest BCUT2D eigenvalue weighted by Gasteiger charge is 2.07. The van der Waals surface area contributed by atoms with E-state index in [0.29, 0.717) is 5.75 Å². The van der Waals surface area contributed by atoms with Crippen LogP contribution in [0.4, 0.5) is 0 Å². The van der Waals surface area contributed by atoms with Gasteiger partial charge in [0, 0.05) is 6.54 Å². The Kier molecular flexibility index (Phi) is 10.0. The lowest BCUT2D eigenvalue weighted by Gasteiger charge is -2.03. The average molecular weight is 249 g/mol. The summed E-state index contributed by atoms with van der Waals surface area (Å²) in [5.74, 6) is 0.461. The summed E-state index contributed by atoms with van der Waals surface area (Å²) in [7, 11) is -2.86. The van der Waals surface area contributed by atoms with Crippen LogP contribution in [0, 0.1) is 0 Å². The second-order valence-electron chi connectivity index (χ2n) is 4.42. The van der Waals surface area contributed by atoms with Crippen LogP contribution in [0.5, 0.6) is 0 Å². The smallest absolute Gasteiger partial charge is 0.151 e. The summed E-state index contributed by atoms with van der Waals surface area (Å²) in [5.41, 5.74) is 5.23. The monoisotopic (exact) mass is 249 g/mol. The molecule has 98 valence electrons. The van der Waals surface area contributed by atoms with E-state index in [2.05, 4.69) is 6.92 Å². The Labute approximate surface area is 101 Å². The minimum Gasteiger partial charge on any atom is -0.329 e. The van der Waals surface area contributed by atoms with Gasteiger partial charge in [-0.25, -0.2) is 8.42 Å². The molecular weight excluding hydrogens is 222 g/mol. The number of unbranched alkanes of at least 4 members (excludes halogenated alkanes) is 7. The molecule has 0 fully saturated rings. The molecule has 0 spiro atoms. The van der Waals surface area contributed by atoms with E-state index < -0.39 is 9.84 Å². The van der Waals surface area contributed by atoms with Crippen molar-refractivity contribution in [3.05, 3.63) is 0 Å². The number of hydrogen-bond donors (Lipinski definition) is 1. The Morgan fingerprint density at radius 2 is 1.31 bits per heavy atom. The quantitative estimate of drug-likeness (QED) is 0.572. The summed E-state index contributed by atoms with van der Waals surface area (Å²) in [4.78, 5) is 0. The Hall–Kier alpha value is -0.0900. The average Bonchev–Trinajstić information content (AvgIpc) is 2.22. The summed E-state index contributed by atoms with van der Waals surface area (Å²) in [5, 5.41) is 0. The lowest BCUT2D eigenvalue weighted by Crippen LogP contribution is -2.18. The minimum absolute atomic E-state index is 0.142. The van der Waals surface area contributed by atoms with Crippen molar-refractivity contribution in [2.24, 2.45) is 5.73 Å². The maximum atomic E-state index is 11.3. The predicted octanol–water partition coefficient (Wildman–Crippen LogP) is 2.50. The molecule has 0 unspecified atom stereocenters. The van der Waals surface area contributed by atoms with Crippen LogP contribution in [-0.2, 0) is 9.84 Å². The molecule has 0 saturated heterocycles. The summed E-state index contributed by atoms with van der Waals surface area (Å²) in [6, 6.07) is 0. The Bertz CT molecular complexity index is 237. The molecule has 0 rings (SSSR count). The van der Waals surface area contributed by atoms with Crippen LogP contribution >= 0.6 is 0 Å². The van der Waals surface area contributed by atoms with Gasteiger partial charge in [-0.05, 0) is 6.42 Å². The third kappa shape index (κ3) is 10.4. The highest BCUT2D eigenvalue weighted by atomic mass is 32.2. The molecular formula is C12H27NO2S. The van der Waals surface area contributed by atoms with E-state index in [4.69, 9.17) is 5.73 Å². The van der Waals surface area contributed by atoms with Crippen LogP contribution in [0.3, 0.4) is 0 Å². The molecule has 0 aromatic rings. The zero-order valence-corrected chi connectivity index (χ0v) is 11.4. The first-order valence-corrected chi connectivity index (χ1v) is 8.35. The lowest BCUT2D eigenvalue weighted by molar-refractivity contribution is 0.572. The molecule has 0 amide bonds. The van der Waals surface area contributed by atoms with Crippen molar-refractivity contribution in [3.63, 3.8) is 0 Å². The topological polar surface area (TPSA) is 60.2 Å². The molecule has 2 N–H and O–H groups in total. The molecule has 0 aliphatic carbocycles. The van der Waals surface area contributed by atoms with Gasteiger partial charge in [0.05, 0.1) is 11.5 Å². The first-order chi connectivity index (χ1) is 7.62. The van der Waals surface area contributed by atoms with Gasteiger partial charge in [-0.2, -0.15) is 0 Å². The molecule has 0 radical (unpaired) electrons. The van der Waals surface area contributed by atoms with E-state index in [0.717, 1.165) is 12.8 Å². The maximum Gasteiger partial charge on any atom is 0.151 e. The molecule has 0 aromatic heterocycles. The largest absolute Gasteiger partial charge is 0.329 e. The highest BCUT2D eigenvalue weighted by Crippen LogP contribution is 2.09. The maximum absolute atomic E-state index is 11.3. The molecule has 0 bridgehead atoms. The molecule has 0 aromatic carbocycles. The first-order valence-electron chi connectivity index (χ1n) is 6.53. The fraction of sp³-hybridized carbons (Fsp3) is 1.00. The second kappa shape index (κ2) is 10.1. The molecule has 0 heterocycles. The third-order valence-corrected chi connectivity index (χ3v) is 4.51.